The first-order valence-electron chi connectivity index (χ1n) is 18.1. The predicted octanol–water partition coefficient (Wildman–Crippen LogP) is 14.2. The van der Waals surface area contributed by atoms with Gasteiger partial charge in [-0.1, -0.05) is 103 Å². The zero-order valence-corrected chi connectivity index (χ0v) is 30.4. The molecule has 0 aliphatic heterocycles. The average Bonchev–Trinajstić information content (AvgIpc) is 3.97. The minimum Gasteiger partial charge on any atom is -0.308 e. The topological polar surface area (TPSA) is 33.6 Å². The van der Waals surface area contributed by atoms with Crippen LogP contribution >= 0.6 is 22.7 Å². The second-order valence-corrected chi connectivity index (χ2v) is 16.1. The molecule has 0 saturated heterocycles. The van der Waals surface area contributed by atoms with Crippen molar-refractivity contribution in [3.05, 3.63) is 169 Å². The number of benzene rings is 8. The van der Waals surface area contributed by atoms with Crippen LogP contribution in [-0.2, 0) is 0 Å². The highest BCUT2D eigenvalue weighted by atomic mass is 32.1. The van der Waals surface area contributed by atoms with Crippen LogP contribution in [-0.4, -0.2) is 9.13 Å². The molecule has 0 saturated carbocycles. The van der Waals surface area contributed by atoms with Gasteiger partial charge in [-0.2, -0.15) is 5.26 Å². The number of fused-ring (bicyclic) bond motifs is 13. The van der Waals surface area contributed by atoms with Crippen molar-refractivity contribution in [1.29, 1.82) is 5.26 Å². The zero-order valence-electron chi connectivity index (χ0n) is 28.7. The SMILES string of the molecule is N#Cc1ccc(-c2cccc(-n3c4ccccc4c4ccc5c6ccccc6sc5c43)c2)cc1-n1c2ccccc2c2cc3sc4ccccc4c3cc21. The molecule has 250 valence electrons. The fourth-order valence-corrected chi connectivity index (χ4v) is 11.1. The summed E-state index contributed by atoms with van der Waals surface area (Å²) < 4.78 is 9.90. The van der Waals surface area contributed by atoms with E-state index < -0.39 is 0 Å². The smallest absolute Gasteiger partial charge is 0.101 e. The molecule has 4 aromatic heterocycles. The summed E-state index contributed by atoms with van der Waals surface area (Å²) in [6.45, 7) is 0. The summed E-state index contributed by atoms with van der Waals surface area (Å²) in [7, 11) is 0. The minimum absolute atomic E-state index is 0.641. The third kappa shape index (κ3) is 4.10. The van der Waals surface area contributed by atoms with Crippen LogP contribution in [0.15, 0.2) is 164 Å². The minimum atomic E-state index is 0.641. The molecule has 0 spiro atoms. The largest absolute Gasteiger partial charge is 0.308 e. The standard InChI is InChI=1S/C49H27N3S2/c50-28-31-21-20-30(25-43(31)52-42-17-6-2-13-34(42)39-27-47-40(26-44(39)52)36-15-4-7-18-45(36)53-47)29-10-9-11-32(24-29)51-41-16-5-1-12-33(41)37-22-23-38-35-14-3-8-19-46(35)54-49(38)48(37)51/h1-27H. The Morgan fingerprint density at radius 2 is 1.06 bits per heavy atom. The van der Waals surface area contributed by atoms with E-state index in [2.05, 4.69) is 173 Å². The Hall–Kier alpha value is -6.71. The van der Waals surface area contributed by atoms with E-state index in [0.29, 0.717) is 5.56 Å². The fourth-order valence-electron chi connectivity index (χ4n) is 8.76. The first-order valence-corrected chi connectivity index (χ1v) is 19.7. The summed E-state index contributed by atoms with van der Waals surface area (Å²) in [5, 5.41) is 20.5. The second kappa shape index (κ2) is 11.1. The van der Waals surface area contributed by atoms with Gasteiger partial charge in [0.05, 0.1) is 38.0 Å². The summed E-state index contributed by atoms with van der Waals surface area (Å²) in [6, 6.07) is 61.6. The lowest BCUT2D eigenvalue weighted by molar-refractivity contribution is 1.17. The summed E-state index contributed by atoms with van der Waals surface area (Å²) in [6.07, 6.45) is 0. The van der Waals surface area contributed by atoms with Gasteiger partial charge in [0.25, 0.3) is 0 Å². The maximum Gasteiger partial charge on any atom is 0.101 e. The molecule has 3 nitrogen and oxygen atoms in total. The number of hydrogen-bond acceptors (Lipinski definition) is 3. The molecule has 4 heterocycles. The highest BCUT2D eigenvalue weighted by molar-refractivity contribution is 7.26. The number of rotatable bonds is 3. The molecule has 12 aromatic rings. The Kier molecular flexibility index (Phi) is 6.16. The molecule has 0 aliphatic carbocycles. The van der Waals surface area contributed by atoms with Gasteiger partial charge in [-0.3, -0.25) is 0 Å². The van der Waals surface area contributed by atoms with Crippen LogP contribution in [0.4, 0.5) is 0 Å². The number of para-hydroxylation sites is 2. The van der Waals surface area contributed by atoms with Crippen LogP contribution in [0, 0.1) is 11.3 Å². The Balaban J connectivity index is 1.10. The van der Waals surface area contributed by atoms with Crippen molar-refractivity contribution in [2.75, 3.05) is 0 Å². The van der Waals surface area contributed by atoms with Crippen molar-refractivity contribution in [3.8, 4) is 28.6 Å². The van der Waals surface area contributed by atoms with Crippen LogP contribution in [0.5, 0.6) is 0 Å². The van der Waals surface area contributed by atoms with Gasteiger partial charge < -0.3 is 9.13 Å². The monoisotopic (exact) mass is 721 g/mol. The third-order valence-corrected chi connectivity index (χ3v) is 13.5. The number of aromatic nitrogens is 2. The first-order chi connectivity index (χ1) is 26.7. The Morgan fingerprint density at radius 3 is 1.85 bits per heavy atom. The molecule has 0 N–H and O–H groups in total. The number of nitrogens with zero attached hydrogens (tertiary/aromatic N) is 3. The van der Waals surface area contributed by atoms with E-state index in [1.165, 1.54) is 72.9 Å². The van der Waals surface area contributed by atoms with Crippen molar-refractivity contribution in [2.24, 2.45) is 0 Å². The molecular formula is C49H27N3S2. The molecule has 0 fully saturated rings. The zero-order chi connectivity index (χ0) is 35.5. The normalized spacial score (nSPS) is 12.1. The van der Waals surface area contributed by atoms with Crippen molar-refractivity contribution >= 4 is 107 Å². The lowest BCUT2D eigenvalue weighted by atomic mass is 10.0. The average molecular weight is 722 g/mol. The predicted molar refractivity (Wildman–Crippen MR) is 231 cm³/mol. The number of nitriles is 1. The molecule has 5 heteroatoms. The quantitative estimate of drug-likeness (QED) is 0.179. The maximum atomic E-state index is 10.5. The summed E-state index contributed by atoms with van der Waals surface area (Å²) in [5.41, 5.74) is 9.42. The third-order valence-electron chi connectivity index (χ3n) is 11.1. The lowest BCUT2D eigenvalue weighted by Crippen LogP contribution is -1.99. The van der Waals surface area contributed by atoms with E-state index in [-0.39, 0.29) is 0 Å². The lowest BCUT2D eigenvalue weighted by Gasteiger charge is -2.14. The number of hydrogen-bond donors (Lipinski definition) is 0. The number of thiophene rings is 2. The second-order valence-electron chi connectivity index (χ2n) is 14.0. The Bertz CT molecular complexity index is 3590. The van der Waals surface area contributed by atoms with Gasteiger partial charge in [0.1, 0.15) is 6.07 Å². The first kappa shape index (κ1) is 29.8. The van der Waals surface area contributed by atoms with Crippen molar-refractivity contribution in [2.45, 2.75) is 0 Å². The maximum absolute atomic E-state index is 10.5. The summed E-state index contributed by atoms with van der Waals surface area (Å²) in [4.78, 5) is 0. The molecule has 12 rings (SSSR count). The summed E-state index contributed by atoms with van der Waals surface area (Å²) >= 11 is 3.71. The fraction of sp³-hybridized carbons (Fsp3) is 0. The molecule has 0 aliphatic rings. The molecular weight excluding hydrogens is 695 g/mol. The molecule has 0 amide bonds. The van der Waals surface area contributed by atoms with Gasteiger partial charge >= 0.3 is 0 Å². The van der Waals surface area contributed by atoms with Crippen LogP contribution < -0.4 is 0 Å². The van der Waals surface area contributed by atoms with Crippen LogP contribution in [0.1, 0.15) is 5.56 Å². The van der Waals surface area contributed by atoms with E-state index in [1.807, 2.05) is 28.7 Å². The van der Waals surface area contributed by atoms with Crippen LogP contribution in [0.2, 0.25) is 0 Å². The highest BCUT2D eigenvalue weighted by Crippen LogP contribution is 2.44. The molecule has 8 aromatic carbocycles. The van der Waals surface area contributed by atoms with E-state index >= 15 is 0 Å². The molecule has 54 heavy (non-hydrogen) atoms. The van der Waals surface area contributed by atoms with Crippen molar-refractivity contribution in [3.63, 3.8) is 0 Å². The van der Waals surface area contributed by atoms with E-state index in [0.717, 1.165) is 33.5 Å². The highest BCUT2D eigenvalue weighted by Gasteiger charge is 2.20. The van der Waals surface area contributed by atoms with E-state index in [9.17, 15) is 5.26 Å². The molecule has 0 radical (unpaired) electrons. The van der Waals surface area contributed by atoms with Gasteiger partial charge in [-0.15, -0.1) is 22.7 Å². The van der Waals surface area contributed by atoms with Crippen LogP contribution in [0.3, 0.4) is 0 Å². The van der Waals surface area contributed by atoms with Gasteiger partial charge in [0.15, 0.2) is 0 Å². The van der Waals surface area contributed by atoms with E-state index in [4.69, 9.17) is 0 Å². The van der Waals surface area contributed by atoms with Crippen LogP contribution in [0.25, 0.3) is 106 Å². The van der Waals surface area contributed by atoms with Gasteiger partial charge in [0.2, 0.25) is 0 Å². The van der Waals surface area contributed by atoms with Gasteiger partial charge in [-0.05, 0) is 71.8 Å². The summed E-state index contributed by atoms with van der Waals surface area (Å²) in [5.74, 6) is 0. The molecule has 0 atom stereocenters. The van der Waals surface area contributed by atoms with Gasteiger partial charge in [-0.25, -0.2) is 0 Å². The van der Waals surface area contributed by atoms with E-state index in [1.54, 1.807) is 0 Å². The van der Waals surface area contributed by atoms with Crippen molar-refractivity contribution < 1.29 is 0 Å². The molecule has 0 unspecified atom stereocenters. The Labute approximate surface area is 317 Å². The van der Waals surface area contributed by atoms with Crippen molar-refractivity contribution in [1.82, 2.24) is 9.13 Å². The Morgan fingerprint density at radius 1 is 0.407 bits per heavy atom. The van der Waals surface area contributed by atoms with Gasteiger partial charge in [0, 0.05) is 62.9 Å². The molecule has 0 bridgehead atoms.